The van der Waals surface area contributed by atoms with E-state index in [-0.39, 0.29) is 29.1 Å². The first-order valence-electron chi connectivity index (χ1n) is 9.15. The van der Waals surface area contributed by atoms with Crippen molar-refractivity contribution in [3.8, 4) is 0 Å². The number of carboxylic acids is 2. The zero-order valence-corrected chi connectivity index (χ0v) is 16.3. The summed E-state index contributed by atoms with van der Waals surface area (Å²) in [6.07, 6.45) is 2.10. The number of hydrogen-bond donors (Lipinski definition) is 5. The van der Waals surface area contributed by atoms with Gasteiger partial charge in [-0.1, -0.05) is 0 Å². The number of carbonyl (C=O) groups is 3. The van der Waals surface area contributed by atoms with Crippen molar-refractivity contribution in [1.82, 2.24) is 25.3 Å². The van der Waals surface area contributed by atoms with Gasteiger partial charge in [-0.05, 0) is 30.7 Å². The summed E-state index contributed by atoms with van der Waals surface area (Å²) in [5.41, 5.74) is 5.94. The van der Waals surface area contributed by atoms with Crippen molar-refractivity contribution in [3.63, 3.8) is 0 Å². The summed E-state index contributed by atoms with van der Waals surface area (Å²) >= 11 is 0. The summed E-state index contributed by atoms with van der Waals surface area (Å²) in [6.45, 7) is 0. The van der Waals surface area contributed by atoms with E-state index in [2.05, 4.69) is 30.2 Å². The fraction of sp³-hybridized carbons (Fsp3) is 0.158. The SMILES string of the molecule is Nc1nc2ncc(C=Nc3ccc(C(=O)NC(CCC(=O)O)C(=O)O)cc3)nc2c(=O)[nH]1. The van der Waals surface area contributed by atoms with Crippen LogP contribution in [0.4, 0.5) is 11.6 Å². The maximum Gasteiger partial charge on any atom is 0.326 e. The first kappa shape index (κ1) is 22.0. The Morgan fingerprint density at radius 3 is 2.56 bits per heavy atom. The molecule has 164 valence electrons. The zero-order chi connectivity index (χ0) is 23.3. The van der Waals surface area contributed by atoms with Crippen LogP contribution in [0.5, 0.6) is 0 Å². The molecule has 1 aromatic carbocycles. The molecule has 0 aliphatic carbocycles. The van der Waals surface area contributed by atoms with Gasteiger partial charge in [0.05, 0.1) is 18.1 Å². The van der Waals surface area contributed by atoms with E-state index >= 15 is 0 Å². The lowest BCUT2D eigenvalue weighted by atomic mass is 10.1. The van der Waals surface area contributed by atoms with Crippen molar-refractivity contribution in [2.75, 3.05) is 5.73 Å². The molecule has 0 aliphatic heterocycles. The number of aliphatic imine (C=N–C) groups is 1. The van der Waals surface area contributed by atoms with Gasteiger partial charge in [0.15, 0.2) is 11.2 Å². The predicted molar refractivity (Wildman–Crippen MR) is 112 cm³/mol. The lowest BCUT2D eigenvalue weighted by Gasteiger charge is -2.13. The van der Waals surface area contributed by atoms with Crippen LogP contribution in [0.25, 0.3) is 11.2 Å². The van der Waals surface area contributed by atoms with Crippen LogP contribution in [0.1, 0.15) is 28.9 Å². The summed E-state index contributed by atoms with van der Waals surface area (Å²) < 4.78 is 0. The van der Waals surface area contributed by atoms with E-state index in [0.29, 0.717) is 11.4 Å². The second kappa shape index (κ2) is 9.42. The number of rotatable bonds is 8. The van der Waals surface area contributed by atoms with E-state index in [1.807, 2.05) is 0 Å². The van der Waals surface area contributed by atoms with E-state index in [0.717, 1.165) is 0 Å². The number of hydrogen-bond acceptors (Lipinski definition) is 9. The van der Waals surface area contributed by atoms with E-state index in [1.54, 1.807) is 0 Å². The quantitative estimate of drug-likeness (QED) is 0.298. The van der Waals surface area contributed by atoms with Crippen molar-refractivity contribution in [1.29, 1.82) is 0 Å². The molecule has 0 spiro atoms. The number of nitrogen functional groups attached to an aromatic ring is 1. The third-order valence-corrected chi connectivity index (χ3v) is 4.18. The van der Waals surface area contributed by atoms with Gasteiger partial charge >= 0.3 is 11.9 Å². The first-order chi connectivity index (χ1) is 15.2. The number of fused-ring (bicyclic) bond motifs is 1. The molecule has 6 N–H and O–H groups in total. The fourth-order valence-electron chi connectivity index (χ4n) is 2.62. The first-order valence-corrected chi connectivity index (χ1v) is 9.15. The van der Waals surface area contributed by atoms with Crippen LogP contribution in [0.15, 0.2) is 40.2 Å². The fourth-order valence-corrected chi connectivity index (χ4v) is 2.62. The van der Waals surface area contributed by atoms with Crippen LogP contribution in [0.3, 0.4) is 0 Å². The van der Waals surface area contributed by atoms with E-state index in [1.165, 1.54) is 36.7 Å². The van der Waals surface area contributed by atoms with Gasteiger partial charge in [-0.2, -0.15) is 4.98 Å². The average molecular weight is 439 g/mol. The molecule has 1 atom stereocenters. The Balaban J connectivity index is 1.70. The van der Waals surface area contributed by atoms with Gasteiger partial charge in [-0.25, -0.2) is 14.8 Å². The minimum absolute atomic E-state index is 0.00560. The normalized spacial score (nSPS) is 12.0. The van der Waals surface area contributed by atoms with Crippen molar-refractivity contribution >= 4 is 46.9 Å². The van der Waals surface area contributed by atoms with Crippen LogP contribution in [0.2, 0.25) is 0 Å². The summed E-state index contributed by atoms with van der Waals surface area (Å²) in [5, 5.41) is 20.1. The highest BCUT2D eigenvalue weighted by atomic mass is 16.4. The molecule has 1 unspecified atom stereocenters. The lowest BCUT2D eigenvalue weighted by molar-refractivity contribution is -0.140. The molecule has 0 fully saturated rings. The molecule has 32 heavy (non-hydrogen) atoms. The Hall–Kier alpha value is -4.68. The summed E-state index contributed by atoms with van der Waals surface area (Å²) in [7, 11) is 0. The van der Waals surface area contributed by atoms with Gasteiger partial charge in [0, 0.05) is 12.0 Å². The summed E-state index contributed by atoms with van der Waals surface area (Å²) in [4.78, 5) is 64.5. The molecule has 1 amide bonds. The Morgan fingerprint density at radius 2 is 1.91 bits per heavy atom. The molecule has 13 heteroatoms. The Bertz CT molecular complexity index is 1270. The maximum atomic E-state index is 12.2. The molecule has 0 bridgehead atoms. The molecule has 0 aliphatic rings. The van der Waals surface area contributed by atoms with Crippen LogP contribution >= 0.6 is 0 Å². The molecule has 2 aromatic heterocycles. The molecule has 13 nitrogen and oxygen atoms in total. The number of H-pyrrole nitrogens is 1. The highest BCUT2D eigenvalue weighted by Crippen LogP contribution is 2.14. The Kier molecular flexibility index (Phi) is 6.48. The molecular weight excluding hydrogens is 422 g/mol. The van der Waals surface area contributed by atoms with E-state index in [9.17, 15) is 19.2 Å². The summed E-state index contributed by atoms with van der Waals surface area (Å²) in [6, 6.07) is 4.57. The molecule has 0 saturated carbocycles. The van der Waals surface area contributed by atoms with Gasteiger partial charge in [0.1, 0.15) is 11.7 Å². The number of carboxylic acid groups (broad SMARTS) is 2. The Labute approximate surface area is 179 Å². The van der Waals surface area contributed by atoms with Gasteiger partial charge in [0.25, 0.3) is 11.5 Å². The average Bonchev–Trinajstić information content (AvgIpc) is 2.75. The van der Waals surface area contributed by atoms with Crippen molar-refractivity contribution in [3.05, 3.63) is 52.1 Å². The number of carbonyl (C=O) groups excluding carboxylic acids is 1. The minimum Gasteiger partial charge on any atom is -0.481 e. The van der Waals surface area contributed by atoms with Crippen LogP contribution in [-0.4, -0.2) is 60.3 Å². The molecular formula is C19H17N7O6. The smallest absolute Gasteiger partial charge is 0.326 e. The molecule has 0 radical (unpaired) electrons. The second-order valence-electron chi connectivity index (χ2n) is 6.52. The van der Waals surface area contributed by atoms with Crippen LogP contribution < -0.4 is 16.6 Å². The van der Waals surface area contributed by atoms with Gasteiger partial charge in [0.2, 0.25) is 5.95 Å². The van der Waals surface area contributed by atoms with Gasteiger partial charge in [-0.3, -0.25) is 24.4 Å². The van der Waals surface area contributed by atoms with E-state index < -0.39 is 35.9 Å². The molecule has 0 saturated heterocycles. The van der Waals surface area contributed by atoms with Crippen molar-refractivity contribution < 1.29 is 24.6 Å². The van der Waals surface area contributed by atoms with Crippen molar-refractivity contribution in [2.45, 2.75) is 18.9 Å². The largest absolute Gasteiger partial charge is 0.481 e. The van der Waals surface area contributed by atoms with Crippen LogP contribution in [0, 0.1) is 0 Å². The molecule has 3 aromatic rings. The standard InChI is InChI=1S/C19H17N7O6/c20-19-25-15-14(17(30)26-19)23-11(8-22-15)7-21-10-3-1-9(2-4-10)16(29)24-12(18(31)32)5-6-13(27)28/h1-4,7-8,12H,5-6H2,(H,24,29)(H,27,28)(H,31,32)(H3,20,22,25,26,30). The van der Waals surface area contributed by atoms with Gasteiger partial charge < -0.3 is 21.3 Å². The van der Waals surface area contributed by atoms with Crippen LogP contribution in [-0.2, 0) is 9.59 Å². The number of aromatic nitrogens is 4. The highest BCUT2D eigenvalue weighted by molar-refractivity contribution is 5.97. The number of aromatic amines is 1. The van der Waals surface area contributed by atoms with Gasteiger partial charge in [-0.15, -0.1) is 0 Å². The number of nitrogens with zero attached hydrogens (tertiary/aromatic N) is 4. The third-order valence-electron chi connectivity index (χ3n) is 4.18. The molecule has 2 heterocycles. The summed E-state index contributed by atoms with van der Waals surface area (Å²) in [5.74, 6) is -3.22. The number of nitrogens with two attached hydrogens (primary N) is 1. The van der Waals surface area contributed by atoms with Crippen molar-refractivity contribution in [2.24, 2.45) is 4.99 Å². The maximum absolute atomic E-state index is 12.2. The predicted octanol–water partition coefficient (Wildman–Crippen LogP) is 0.0937. The zero-order valence-electron chi connectivity index (χ0n) is 16.3. The van der Waals surface area contributed by atoms with E-state index in [4.69, 9.17) is 15.9 Å². The third kappa shape index (κ3) is 5.47. The number of benzene rings is 1. The number of amides is 1. The highest BCUT2D eigenvalue weighted by Gasteiger charge is 2.21. The number of aliphatic carboxylic acids is 2. The number of anilines is 1. The second-order valence-corrected chi connectivity index (χ2v) is 6.52. The number of nitrogens with one attached hydrogen (secondary N) is 2. The lowest BCUT2D eigenvalue weighted by Crippen LogP contribution is -2.41. The topological polar surface area (TPSA) is 214 Å². The minimum atomic E-state index is -1.32. The monoisotopic (exact) mass is 439 g/mol. The Morgan fingerprint density at radius 1 is 1.19 bits per heavy atom. The molecule has 3 rings (SSSR count).